The fourth-order valence-electron chi connectivity index (χ4n) is 3.17. The van der Waals surface area contributed by atoms with Gasteiger partial charge in [-0.25, -0.2) is 0 Å². The normalized spacial score (nSPS) is 18.7. The van der Waals surface area contributed by atoms with Gasteiger partial charge in [0.25, 0.3) is 0 Å². The van der Waals surface area contributed by atoms with Gasteiger partial charge >= 0.3 is 0 Å². The molecule has 0 aromatic heterocycles. The molecule has 0 bridgehead atoms. The van der Waals surface area contributed by atoms with Gasteiger partial charge in [0.2, 0.25) is 0 Å². The Kier molecular flexibility index (Phi) is 2.83. The second kappa shape index (κ2) is 4.76. The first kappa shape index (κ1) is 13.7. The molecule has 0 saturated carbocycles. The van der Waals surface area contributed by atoms with Crippen LogP contribution in [0.5, 0.6) is 0 Å². The van der Waals surface area contributed by atoms with Crippen molar-refractivity contribution in [2.45, 2.75) is 5.72 Å². The SMILES string of the molecule is Nc1ccc2c(c1)NC(O)(c1ccccc1)c1cc(N)ccc1-2. The van der Waals surface area contributed by atoms with Crippen molar-refractivity contribution in [2.24, 2.45) is 0 Å². The summed E-state index contributed by atoms with van der Waals surface area (Å²) in [7, 11) is 0. The van der Waals surface area contributed by atoms with Gasteiger partial charge in [-0.15, -0.1) is 0 Å². The molecular formula is C19H17N3O. The number of aliphatic hydroxyl groups is 1. The summed E-state index contributed by atoms with van der Waals surface area (Å²) < 4.78 is 0. The summed E-state index contributed by atoms with van der Waals surface area (Å²) in [6.07, 6.45) is 0. The van der Waals surface area contributed by atoms with Crippen LogP contribution >= 0.6 is 0 Å². The van der Waals surface area contributed by atoms with Gasteiger partial charge in [0.1, 0.15) is 0 Å². The van der Waals surface area contributed by atoms with Crippen LogP contribution in [0.15, 0.2) is 66.7 Å². The molecule has 4 rings (SSSR count). The van der Waals surface area contributed by atoms with Crippen molar-refractivity contribution in [2.75, 3.05) is 16.8 Å². The fourth-order valence-corrected chi connectivity index (χ4v) is 3.17. The number of anilines is 3. The number of hydrogen-bond acceptors (Lipinski definition) is 4. The molecule has 0 radical (unpaired) electrons. The van der Waals surface area contributed by atoms with Crippen LogP contribution in [0.4, 0.5) is 17.1 Å². The molecule has 1 aliphatic heterocycles. The minimum Gasteiger partial charge on any atom is -0.399 e. The van der Waals surface area contributed by atoms with Gasteiger partial charge in [0.05, 0.1) is 0 Å². The molecule has 1 heterocycles. The minimum atomic E-state index is -1.35. The van der Waals surface area contributed by atoms with Gasteiger partial charge in [-0.3, -0.25) is 0 Å². The molecule has 0 spiro atoms. The van der Waals surface area contributed by atoms with Crippen LogP contribution in [0.1, 0.15) is 11.1 Å². The summed E-state index contributed by atoms with van der Waals surface area (Å²) in [4.78, 5) is 0. The number of fused-ring (bicyclic) bond motifs is 3. The molecule has 0 amide bonds. The first-order chi connectivity index (χ1) is 11.1. The summed E-state index contributed by atoms with van der Waals surface area (Å²) in [6.45, 7) is 0. The number of nitrogens with one attached hydrogen (secondary N) is 1. The molecule has 3 aromatic rings. The maximum atomic E-state index is 11.4. The molecule has 1 atom stereocenters. The molecular weight excluding hydrogens is 286 g/mol. The highest BCUT2D eigenvalue weighted by atomic mass is 16.3. The summed E-state index contributed by atoms with van der Waals surface area (Å²) in [5.74, 6) is 0. The maximum Gasteiger partial charge on any atom is 0.189 e. The third-order valence-corrected chi connectivity index (χ3v) is 4.27. The molecule has 23 heavy (non-hydrogen) atoms. The monoisotopic (exact) mass is 303 g/mol. The lowest BCUT2D eigenvalue weighted by Crippen LogP contribution is -2.39. The van der Waals surface area contributed by atoms with E-state index in [9.17, 15) is 5.11 Å². The van der Waals surface area contributed by atoms with Crippen LogP contribution in [0.25, 0.3) is 11.1 Å². The molecule has 4 heteroatoms. The van der Waals surface area contributed by atoms with Crippen LogP contribution in [-0.4, -0.2) is 5.11 Å². The quantitative estimate of drug-likeness (QED) is 0.520. The highest BCUT2D eigenvalue weighted by molar-refractivity contribution is 5.88. The first-order valence-corrected chi connectivity index (χ1v) is 7.44. The second-order valence-corrected chi connectivity index (χ2v) is 5.81. The Morgan fingerprint density at radius 3 is 2.17 bits per heavy atom. The molecule has 1 aliphatic rings. The van der Waals surface area contributed by atoms with Crippen LogP contribution < -0.4 is 16.8 Å². The summed E-state index contributed by atoms with van der Waals surface area (Å²) >= 11 is 0. The number of benzene rings is 3. The van der Waals surface area contributed by atoms with Crippen LogP contribution in [-0.2, 0) is 5.72 Å². The van der Waals surface area contributed by atoms with E-state index >= 15 is 0 Å². The lowest BCUT2D eigenvalue weighted by molar-refractivity contribution is 0.112. The van der Waals surface area contributed by atoms with Crippen molar-refractivity contribution in [3.8, 4) is 11.1 Å². The molecule has 114 valence electrons. The number of hydrogen-bond donors (Lipinski definition) is 4. The van der Waals surface area contributed by atoms with E-state index in [-0.39, 0.29) is 0 Å². The topological polar surface area (TPSA) is 84.3 Å². The number of rotatable bonds is 1. The van der Waals surface area contributed by atoms with Gasteiger partial charge in [-0.1, -0.05) is 42.5 Å². The van der Waals surface area contributed by atoms with E-state index in [2.05, 4.69) is 5.32 Å². The zero-order valence-electron chi connectivity index (χ0n) is 12.5. The van der Waals surface area contributed by atoms with Crippen molar-refractivity contribution in [1.29, 1.82) is 0 Å². The lowest BCUT2D eigenvalue weighted by atomic mass is 9.83. The average Bonchev–Trinajstić information content (AvgIpc) is 2.56. The molecule has 4 nitrogen and oxygen atoms in total. The predicted molar refractivity (Wildman–Crippen MR) is 93.8 cm³/mol. The average molecular weight is 303 g/mol. The first-order valence-electron chi connectivity index (χ1n) is 7.44. The largest absolute Gasteiger partial charge is 0.399 e. The van der Waals surface area contributed by atoms with E-state index < -0.39 is 5.72 Å². The molecule has 0 fully saturated rings. The predicted octanol–water partition coefficient (Wildman–Crippen LogP) is 3.14. The van der Waals surface area contributed by atoms with Crippen molar-refractivity contribution < 1.29 is 5.11 Å². The van der Waals surface area contributed by atoms with E-state index in [1.807, 2.05) is 66.7 Å². The lowest BCUT2D eigenvalue weighted by Gasteiger charge is -2.38. The van der Waals surface area contributed by atoms with Gasteiger partial charge in [0.15, 0.2) is 5.72 Å². The van der Waals surface area contributed by atoms with E-state index in [1.54, 1.807) is 0 Å². The smallest absolute Gasteiger partial charge is 0.189 e. The van der Waals surface area contributed by atoms with Crippen molar-refractivity contribution >= 4 is 17.1 Å². The Balaban J connectivity index is 2.02. The third kappa shape index (κ3) is 2.04. The minimum absolute atomic E-state index is 0.610. The summed E-state index contributed by atoms with van der Waals surface area (Å²) in [5.41, 5.74) is 16.0. The van der Waals surface area contributed by atoms with Gasteiger partial charge in [0, 0.05) is 33.8 Å². The van der Waals surface area contributed by atoms with Gasteiger partial charge < -0.3 is 21.9 Å². The van der Waals surface area contributed by atoms with Crippen molar-refractivity contribution in [3.63, 3.8) is 0 Å². The van der Waals surface area contributed by atoms with E-state index in [4.69, 9.17) is 11.5 Å². The fraction of sp³-hybridized carbons (Fsp3) is 0.0526. The van der Waals surface area contributed by atoms with Gasteiger partial charge in [-0.2, -0.15) is 0 Å². The number of nitrogen functional groups attached to an aromatic ring is 2. The zero-order chi connectivity index (χ0) is 16.0. The van der Waals surface area contributed by atoms with Crippen LogP contribution in [0.2, 0.25) is 0 Å². The molecule has 6 N–H and O–H groups in total. The Morgan fingerprint density at radius 2 is 1.43 bits per heavy atom. The third-order valence-electron chi connectivity index (χ3n) is 4.27. The Hall–Kier alpha value is -2.98. The van der Waals surface area contributed by atoms with Crippen molar-refractivity contribution in [3.05, 3.63) is 77.9 Å². The van der Waals surface area contributed by atoms with Crippen molar-refractivity contribution in [1.82, 2.24) is 0 Å². The van der Waals surface area contributed by atoms with Gasteiger partial charge in [-0.05, 0) is 29.8 Å². The highest BCUT2D eigenvalue weighted by Gasteiger charge is 2.38. The number of nitrogens with two attached hydrogens (primary N) is 2. The Bertz CT molecular complexity index is 892. The second-order valence-electron chi connectivity index (χ2n) is 5.81. The summed E-state index contributed by atoms with van der Waals surface area (Å²) in [5, 5.41) is 14.7. The maximum absolute atomic E-state index is 11.4. The molecule has 0 aliphatic carbocycles. The standard InChI is InChI=1S/C19H17N3O/c20-13-6-8-15-16-9-7-14(21)11-18(16)22-19(23,17(15)10-13)12-4-2-1-3-5-12/h1-11,22-23H,20-21H2. The van der Waals surface area contributed by atoms with E-state index in [0.29, 0.717) is 11.4 Å². The van der Waals surface area contributed by atoms with Crippen LogP contribution in [0, 0.1) is 0 Å². The van der Waals surface area contributed by atoms with E-state index in [0.717, 1.165) is 27.9 Å². The molecule has 1 unspecified atom stereocenters. The highest BCUT2D eigenvalue weighted by Crippen LogP contribution is 2.46. The Morgan fingerprint density at radius 1 is 0.783 bits per heavy atom. The van der Waals surface area contributed by atoms with E-state index in [1.165, 1.54) is 0 Å². The Labute approximate surface area is 134 Å². The molecule has 3 aromatic carbocycles. The zero-order valence-corrected chi connectivity index (χ0v) is 12.5. The molecule has 0 saturated heterocycles. The van der Waals surface area contributed by atoms with Crippen LogP contribution in [0.3, 0.4) is 0 Å². The summed E-state index contributed by atoms with van der Waals surface area (Å²) in [6, 6.07) is 20.7.